The van der Waals surface area contributed by atoms with E-state index < -0.39 is 11.6 Å². The molecule has 3 nitrogen and oxygen atoms in total. The fraction of sp³-hybridized carbons (Fsp3) is 0.389. The first-order chi connectivity index (χ1) is 11.0. The zero-order valence-electron chi connectivity index (χ0n) is 13.4. The predicted molar refractivity (Wildman–Crippen MR) is 84.5 cm³/mol. The molecule has 1 aromatic carbocycles. The smallest absolute Gasteiger partial charge is 0.270 e. The van der Waals surface area contributed by atoms with Crippen LogP contribution >= 0.6 is 0 Å². The van der Waals surface area contributed by atoms with Gasteiger partial charge in [0.15, 0.2) is 0 Å². The third kappa shape index (κ3) is 2.87. The van der Waals surface area contributed by atoms with Gasteiger partial charge >= 0.3 is 0 Å². The molecule has 0 radical (unpaired) electrons. The maximum Gasteiger partial charge on any atom is 0.270 e. The highest BCUT2D eigenvalue weighted by molar-refractivity contribution is 5.94. The molecule has 0 unspecified atom stereocenters. The van der Waals surface area contributed by atoms with Crippen LogP contribution in [-0.4, -0.2) is 28.5 Å². The topological polar surface area (TPSA) is 25.2 Å². The van der Waals surface area contributed by atoms with Crippen LogP contribution in [0.4, 0.5) is 8.78 Å². The lowest BCUT2D eigenvalue weighted by Crippen LogP contribution is -2.30. The van der Waals surface area contributed by atoms with Crippen LogP contribution in [0.5, 0.6) is 0 Å². The Morgan fingerprint density at radius 3 is 2.35 bits per heavy atom. The van der Waals surface area contributed by atoms with Crippen LogP contribution in [0.15, 0.2) is 24.3 Å². The first kappa shape index (κ1) is 15.7. The van der Waals surface area contributed by atoms with E-state index in [1.165, 1.54) is 18.2 Å². The van der Waals surface area contributed by atoms with E-state index in [9.17, 15) is 13.6 Å². The summed E-state index contributed by atoms with van der Waals surface area (Å²) >= 11 is 0. The number of rotatable bonds is 3. The van der Waals surface area contributed by atoms with Crippen molar-refractivity contribution in [1.82, 2.24) is 9.47 Å². The predicted octanol–water partition coefficient (Wildman–Crippen LogP) is 3.67. The number of carbonyl (C=O) groups excluding carboxylic acids is 1. The van der Waals surface area contributed by atoms with Gasteiger partial charge in [-0.15, -0.1) is 0 Å². The second-order valence-corrected chi connectivity index (χ2v) is 6.10. The zero-order chi connectivity index (χ0) is 16.6. The van der Waals surface area contributed by atoms with E-state index in [0.29, 0.717) is 5.69 Å². The van der Waals surface area contributed by atoms with Crippen molar-refractivity contribution < 1.29 is 13.6 Å². The number of aromatic nitrogens is 1. The molecular formula is C18H20F2N2O. The highest BCUT2D eigenvalue weighted by Gasteiger charge is 2.25. The van der Waals surface area contributed by atoms with Gasteiger partial charge < -0.3 is 9.47 Å². The van der Waals surface area contributed by atoms with Crippen molar-refractivity contribution in [2.24, 2.45) is 0 Å². The molecule has 3 rings (SSSR count). The third-order valence-electron chi connectivity index (χ3n) is 4.47. The molecule has 0 bridgehead atoms. The van der Waals surface area contributed by atoms with Gasteiger partial charge in [-0.05, 0) is 50.5 Å². The van der Waals surface area contributed by atoms with Crippen molar-refractivity contribution in [3.05, 3.63) is 58.4 Å². The summed E-state index contributed by atoms with van der Waals surface area (Å²) in [7, 11) is 0. The summed E-state index contributed by atoms with van der Waals surface area (Å²) in [6.07, 6.45) is 2.01. The van der Waals surface area contributed by atoms with Gasteiger partial charge in [-0.1, -0.05) is 6.07 Å². The van der Waals surface area contributed by atoms with E-state index >= 15 is 0 Å². The number of amides is 1. The van der Waals surface area contributed by atoms with Crippen molar-refractivity contribution >= 4 is 5.91 Å². The van der Waals surface area contributed by atoms with Crippen LogP contribution in [-0.2, 0) is 6.54 Å². The molecular weight excluding hydrogens is 298 g/mol. The highest BCUT2D eigenvalue weighted by atomic mass is 19.1. The fourth-order valence-corrected chi connectivity index (χ4v) is 3.25. The molecule has 0 spiro atoms. The second-order valence-electron chi connectivity index (χ2n) is 6.10. The first-order valence-electron chi connectivity index (χ1n) is 7.88. The van der Waals surface area contributed by atoms with Gasteiger partial charge in [0.05, 0.1) is 6.54 Å². The largest absolute Gasteiger partial charge is 0.337 e. The molecule has 1 fully saturated rings. The summed E-state index contributed by atoms with van der Waals surface area (Å²) in [5, 5.41) is 0. The van der Waals surface area contributed by atoms with Crippen molar-refractivity contribution in [3.8, 4) is 0 Å². The maximum atomic E-state index is 14.0. The summed E-state index contributed by atoms with van der Waals surface area (Å²) in [5.74, 6) is -1.23. The Morgan fingerprint density at radius 2 is 1.74 bits per heavy atom. The van der Waals surface area contributed by atoms with E-state index in [2.05, 4.69) is 0 Å². The fourth-order valence-electron chi connectivity index (χ4n) is 3.25. The molecule has 1 aliphatic rings. The maximum absolute atomic E-state index is 14.0. The Balaban J connectivity index is 2.01. The minimum Gasteiger partial charge on any atom is -0.337 e. The van der Waals surface area contributed by atoms with Crippen LogP contribution in [0.3, 0.4) is 0 Å². The molecule has 0 saturated carbocycles. The normalized spacial score (nSPS) is 14.5. The molecule has 0 atom stereocenters. The minimum atomic E-state index is -0.588. The average molecular weight is 318 g/mol. The second kappa shape index (κ2) is 6.14. The molecule has 1 aliphatic heterocycles. The van der Waals surface area contributed by atoms with Gasteiger partial charge in [0.2, 0.25) is 0 Å². The van der Waals surface area contributed by atoms with Crippen LogP contribution in [0.25, 0.3) is 0 Å². The summed E-state index contributed by atoms with van der Waals surface area (Å²) in [6, 6.07) is 5.72. The SMILES string of the molecule is Cc1cc(C)n(Cc2c(F)cccc2F)c1C(=O)N1CCCC1. The Morgan fingerprint density at radius 1 is 1.13 bits per heavy atom. The van der Waals surface area contributed by atoms with E-state index in [0.717, 1.165) is 37.2 Å². The standard InChI is InChI=1S/C18H20F2N2O/c1-12-10-13(2)22(11-14-15(19)6-5-7-16(14)20)17(12)18(23)21-8-3-4-9-21/h5-7,10H,3-4,8-9,11H2,1-2H3. The molecule has 0 N–H and O–H groups in total. The number of halogens is 2. The van der Waals surface area contributed by atoms with Gasteiger partial charge in [0.1, 0.15) is 17.3 Å². The van der Waals surface area contributed by atoms with E-state index in [4.69, 9.17) is 0 Å². The Labute approximate surface area is 134 Å². The van der Waals surface area contributed by atoms with Crippen LogP contribution < -0.4 is 0 Å². The Bertz CT molecular complexity index is 725. The van der Waals surface area contributed by atoms with Crippen molar-refractivity contribution in [1.29, 1.82) is 0 Å². The number of likely N-dealkylation sites (tertiary alicyclic amines) is 1. The third-order valence-corrected chi connectivity index (χ3v) is 4.47. The van der Waals surface area contributed by atoms with Gasteiger partial charge in [0.25, 0.3) is 5.91 Å². The molecule has 1 amide bonds. The molecule has 1 saturated heterocycles. The van der Waals surface area contributed by atoms with E-state index in [-0.39, 0.29) is 18.0 Å². The molecule has 5 heteroatoms. The monoisotopic (exact) mass is 318 g/mol. The summed E-state index contributed by atoms with van der Waals surface area (Å²) in [6.45, 7) is 5.23. The van der Waals surface area contributed by atoms with Crippen molar-refractivity contribution in [3.63, 3.8) is 0 Å². The number of hydrogen-bond acceptors (Lipinski definition) is 1. The number of carbonyl (C=O) groups is 1. The summed E-state index contributed by atoms with van der Waals surface area (Å²) in [5.41, 5.74) is 2.19. The van der Waals surface area contributed by atoms with Gasteiger partial charge in [-0.3, -0.25) is 4.79 Å². The Hall–Kier alpha value is -2.17. The molecule has 122 valence electrons. The van der Waals surface area contributed by atoms with E-state index in [1.807, 2.05) is 24.8 Å². The lowest BCUT2D eigenvalue weighted by molar-refractivity contribution is 0.0781. The quantitative estimate of drug-likeness (QED) is 0.848. The average Bonchev–Trinajstić information content (AvgIpc) is 3.11. The summed E-state index contributed by atoms with van der Waals surface area (Å²) in [4.78, 5) is 14.6. The highest BCUT2D eigenvalue weighted by Crippen LogP contribution is 2.23. The molecule has 1 aromatic heterocycles. The minimum absolute atomic E-state index is 0.0123. The molecule has 23 heavy (non-hydrogen) atoms. The lowest BCUT2D eigenvalue weighted by atomic mass is 10.2. The molecule has 2 aromatic rings. The van der Waals surface area contributed by atoms with Gasteiger partial charge in [-0.2, -0.15) is 0 Å². The van der Waals surface area contributed by atoms with E-state index in [1.54, 1.807) is 4.57 Å². The number of hydrogen-bond donors (Lipinski definition) is 0. The van der Waals surface area contributed by atoms with Crippen LogP contribution in [0.1, 0.15) is 40.2 Å². The first-order valence-corrected chi connectivity index (χ1v) is 7.88. The number of nitrogens with zero attached hydrogens (tertiary/aromatic N) is 2. The van der Waals surface area contributed by atoms with Crippen LogP contribution in [0.2, 0.25) is 0 Å². The molecule has 2 heterocycles. The van der Waals surface area contributed by atoms with Gasteiger partial charge in [0, 0.05) is 24.3 Å². The van der Waals surface area contributed by atoms with Gasteiger partial charge in [-0.25, -0.2) is 8.78 Å². The summed E-state index contributed by atoms with van der Waals surface area (Å²) < 4.78 is 29.6. The number of aryl methyl sites for hydroxylation is 2. The van der Waals surface area contributed by atoms with Crippen molar-refractivity contribution in [2.45, 2.75) is 33.2 Å². The van der Waals surface area contributed by atoms with Crippen LogP contribution in [0, 0.1) is 25.5 Å². The Kier molecular flexibility index (Phi) is 4.20. The van der Waals surface area contributed by atoms with Crippen molar-refractivity contribution in [2.75, 3.05) is 13.1 Å². The number of benzene rings is 1. The lowest BCUT2D eigenvalue weighted by Gasteiger charge is -2.19. The molecule has 0 aliphatic carbocycles. The zero-order valence-corrected chi connectivity index (χ0v) is 13.4.